The lowest BCUT2D eigenvalue weighted by Gasteiger charge is -2.18. The molecular weight excluding hydrogens is 464 g/mol. The number of carbonyl (C=O) groups is 2. The fraction of sp³-hybridized carbons (Fsp3) is 0. The third kappa shape index (κ3) is 4.34. The minimum atomic E-state index is -4.13. The van der Waals surface area contributed by atoms with Crippen LogP contribution in [0.4, 0.5) is 0 Å². The van der Waals surface area contributed by atoms with E-state index in [1.165, 1.54) is 22.8 Å². The summed E-state index contributed by atoms with van der Waals surface area (Å²) < 4.78 is 35.7. The van der Waals surface area contributed by atoms with Crippen molar-refractivity contribution in [2.24, 2.45) is 0 Å². The molecule has 35 heavy (non-hydrogen) atoms. The van der Waals surface area contributed by atoms with Gasteiger partial charge in [-0.3, -0.25) is 14.3 Å². The molecule has 5 rings (SSSR count). The van der Waals surface area contributed by atoms with Crippen molar-refractivity contribution in [1.82, 2.24) is 4.72 Å². The third-order valence-electron chi connectivity index (χ3n) is 5.42. The standard InChI is InChI=1S/C27H18N2O5S/c30-26-22-13-7-8-14-23(22)27(31)25(24(26)28-35(32,33)21-11-5-2-6-12-21)29-17-15-20(16-18-29)34-19-9-3-1-4-10-19/h1-18H/p+1. The summed E-state index contributed by atoms with van der Waals surface area (Å²) in [6.45, 7) is 0. The molecule has 172 valence electrons. The first-order valence-electron chi connectivity index (χ1n) is 10.7. The Morgan fingerprint density at radius 3 is 1.77 bits per heavy atom. The Bertz CT molecular complexity index is 1560. The molecule has 7 nitrogen and oxygen atoms in total. The quantitative estimate of drug-likeness (QED) is 0.419. The number of Topliss-reactive ketones (excluding diaryl/α,β-unsaturated/α-hetero) is 2. The van der Waals surface area contributed by atoms with E-state index in [0.29, 0.717) is 11.5 Å². The minimum absolute atomic E-state index is 0.0254. The first kappa shape index (κ1) is 22.2. The Kier molecular flexibility index (Phi) is 5.72. The van der Waals surface area contributed by atoms with Crippen molar-refractivity contribution >= 4 is 27.3 Å². The van der Waals surface area contributed by atoms with Gasteiger partial charge in [0.1, 0.15) is 11.5 Å². The second-order valence-corrected chi connectivity index (χ2v) is 9.38. The van der Waals surface area contributed by atoms with E-state index < -0.39 is 21.6 Å². The summed E-state index contributed by atoms with van der Waals surface area (Å²) in [4.78, 5) is 26.8. The zero-order chi connectivity index (χ0) is 24.4. The van der Waals surface area contributed by atoms with Crippen molar-refractivity contribution in [2.45, 2.75) is 4.90 Å². The molecule has 1 N–H and O–H groups in total. The molecule has 1 aliphatic rings. The Balaban J connectivity index is 1.59. The maximum Gasteiger partial charge on any atom is 0.287 e. The summed E-state index contributed by atoms with van der Waals surface area (Å²) in [7, 11) is -4.13. The van der Waals surface area contributed by atoms with Crippen molar-refractivity contribution in [3.63, 3.8) is 0 Å². The maximum atomic E-state index is 13.5. The van der Waals surface area contributed by atoms with Gasteiger partial charge in [-0.25, -0.2) is 8.42 Å². The van der Waals surface area contributed by atoms with Gasteiger partial charge in [0.05, 0.1) is 4.90 Å². The number of nitrogens with zero attached hydrogens (tertiary/aromatic N) is 1. The van der Waals surface area contributed by atoms with Gasteiger partial charge in [-0.2, -0.15) is 4.57 Å². The number of rotatable bonds is 6. The van der Waals surface area contributed by atoms with Crippen molar-refractivity contribution in [3.05, 3.63) is 126 Å². The van der Waals surface area contributed by atoms with Crippen LogP contribution in [-0.2, 0) is 10.0 Å². The van der Waals surface area contributed by atoms with Crippen LogP contribution < -0.4 is 14.0 Å². The Morgan fingerprint density at radius 2 is 1.14 bits per heavy atom. The van der Waals surface area contributed by atoms with Crippen molar-refractivity contribution < 1.29 is 27.3 Å². The number of fused-ring (bicyclic) bond motifs is 1. The molecule has 0 amide bonds. The van der Waals surface area contributed by atoms with Gasteiger partial charge in [0, 0.05) is 23.3 Å². The minimum Gasteiger partial charge on any atom is -0.457 e. The highest BCUT2D eigenvalue weighted by Gasteiger charge is 2.40. The molecule has 3 aromatic carbocycles. The summed E-state index contributed by atoms with van der Waals surface area (Å²) in [6, 6.07) is 26.4. The van der Waals surface area contributed by atoms with Crippen LogP contribution >= 0.6 is 0 Å². The molecule has 1 aromatic heterocycles. The van der Waals surface area contributed by atoms with Gasteiger partial charge in [0.15, 0.2) is 18.1 Å². The van der Waals surface area contributed by atoms with E-state index in [0.717, 1.165) is 0 Å². The van der Waals surface area contributed by atoms with Gasteiger partial charge in [-0.15, -0.1) is 0 Å². The van der Waals surface area contributed by atoms with Crippen molar-refractivity contribution in [2.75, 3.05) is 0 Å². The van der Waals surface area contributed by atoms with Gasteiger partial charge in [-0.1, -0.05) is 60.7 Å². The summed E-state index contributed by atoms with van der Waals surface area (Å²) in [5, 5.41) is 0. The Hall–Kier alpha value is -4.56. The largest absolute Gasteiger partial charge is 0.457 e. The van der Waals surface area contributed by atoms with Crippen LogP contribution in [0.3, 0.4) is 0 Å². The van der Waals surface area contributed by atoms with Gasteiger partial charge in [0.25, 0.3) is 21.5 Å². The predicted octanol–water partition coefficient (Wildman–Crippen LogP) is 3.99. The van der Waals surface area contributed by atoms with E-state index in [4.69, 9.17) is 4.74 Å². The number of ketones is 2. The van der Waals surface area contributed by atoms with Gasteiger partial charge in [0.2, 0.25) is 5.78 Å². The number of benzene rings is 3. The average molecular weight is 484 g/mol. The van der Waals surface area contributed by atoms with Crippen LogP contribution in [0.2, 0.25) is 0 Å². The summed E-state index contributed by atoms with van der Waals surface area (Å²) in [5.74, 6) is 0.0765. The molecule has 0 atom stereocenters. The van der Waals surface area contributed by atoms with Crippen LogP contribution in [0.1, 0.15) is 20.7 Å². The van der Waals surface area contributed by atoms with Gasteiger partial charge >= 0.3 is 0 Å². The molecule has 0 saturated heterocycles. The number of carbonyl (C=O) groups excluding carboxylic acids is 2. The number of pyridine rings is 1. The fourth-order valence-electron chi connectivity index (χ4n) is 3.75. The lowest BCUT2D eigenvalue weighted by Crippen LogP contribution is -2.44. The van der Waals surface area contributed by atoms with E-state index in [1.54, 1.807) is 73.1 Å². The van der Waals surface area contributed by atoms with E-state index in [2.05, 4.69) is 4.72 Å². The SMILES string of the molecule is O=C1C(NS(=O)(=O)c2ccccc2)=C([n+]2ccc(Oc3ccccc3)cc2)C(=O)c2ccccc21. The number of nitrogens with one attached hydrogen (secondary N) is 1. The van der Waals surface area contributed by atoms with Crippen molar-refractivity contribution in [1.29, 1.82) is 0 Å². The van der Waals surface area contributed by atoms with Crippen LogP contribution in [0.5, 0.6) is 11.5 Å². The maximum absolute atomic E-state index is 13.5. The lowest BCUT2D eigenvalue weighted by atomic mass is 9.90. The second kappa shape index (κ2) is 9.00. The van der Waals surface area contributed by atoms with E-state index >= 15 is 0 Å². The molecule has 0 unspecified atom stereocenters. The molecule has 4 aromatic rings. The molecule has 0 aliphatic heterocycles. The van der Waals surface area contributed by atoms with E-state index in [9.17, 15) is 18.0 Å². The number of hydrogen-bond donors (Lipinski definition) is 1. The third-order valence-corrected chi connectivity index (χ3v) is 6.79. The molecule has 0 fully saturated rings. The number of aromatic nitrogens is 1. The Labute approximate surface area is 202 Å². The second-order valence-electron chi connectivity index (χ2n) is 7.70. The van der Waals surface area contributed by atoms with Crippen LogP contribution in [-0.4, -0.2) is 20.0 Å². The molecule has 0 radical (unpaired) electrons. The molecule has 1 heterocycles. The molecular formula is C27H19N2O5S+. The number of para-hydroxylation sites is 1. The summed E-state index contributed by atoms with van der Waals surface area (Å²) in [5.41, 5.74) is -0.0809. The topological polar surface area (TPSA) is 93.4 Å². The zero-order valence-electron chi connectivity index (χ0n) is 18.3. The zero-order valence-corrected chi connectivity index (χ0v) is 19.1. The van der Waals surface area contributed by atoms with Gasteiger partial charge in [-0.05, 0) is 24.3 Å². The monoisotopic (exact) mass is 483 g/mol. The number of hydrogen-bond acceptors (Lipinski definition) is 5. The molecule has 8 heteroatoms. The lowest BCUT2D eigenvalue weighted by molar-refractivity contribution is -0.577. The highest BCUT2D eigenvalue weighted by atomic mass is 32.2. The molecule has 0 bridgehead atoms. The number of ether oxygens (including phenoxy) is 1. The van der Waals surface area contributed by atoms with Crippen LogP contribution in [0.15, 0.2) is 120 Å². The van der Waals surface area contributed by atoms with Crippen LogP contribution in [0.25, 0.3) is 5.70 Å². The summed E-state index contributed by atoms with van der Waals surface area (Å²) in [6.07, 6.45) is 3.09. The van der Waals surface area contributed by atoms with E-state index in [-0.39, 0.29) is 27.4 Å². The van der Waals surface area contributed by atoms with Crippen LogP contribution in [0, 0.1) is 0 Å². The first-order chi connectivity index (χ1) is 16.9. The predicted molar refractivity (Wildman–Crippen MR) is 128 cm³/mol. The average Bonchev–Trinajstić information content (AvgIpc) is 2.89. The molecule has 0 saturated carbocycles. The number of sulfonamides is 1. The van der Waals surface area contributed by atoms with Gasteiger partial charge < -0.3 is 4.74 Å². The summed E-state index contributed by atoms with van der Waals surface area (Å²) >= 11 is 0. The normalized spacial score (nSPS) is 13.4. The number of allylic oxidation sites excluding steroid dienone is 2. The highest BCUT2D eigenvalue weighted by molar-refractivity contribution is 7.89. The smallest absolute Gasteiger partial charge is 0.287 e. The fourth-order valence-corrected chi connectivity index (χ4v) is 4.84. The molecule has 1 aliphatic carbocycles. The first-order valence-corrected chi connectivity index (χ1v) is 12.2. The highest BCUT2D eigenvalue weighted by Crippen LogP contribution is 2.27. The van der Waals surface area contributed by atoms with E-state index in [1.807, 2.05) is 18.2 Å². The van der Waals surface area contributed by atoms with Crippen molar-refractivity contribution in [3.8, 4) is 11.5 Å². The molecule has 0 spiro atoms. The Morgan fingerprint density at radius 1 is 0.629 bits per heavy atom.